The average Bonchev–Trinajstić information content (AvgIpc) is 2.64. The molecular weight excluding hydrogens is 323 g/mol. The first-order chi connectivity index (χ1) is 12.3. The van der Waals surface area contributed by atoms with E-state index in [1.807, 2.05) is 33.8 Å². The topological polar surface area (TPSA) is 17.1 Å². The van der Waals surface area contributed by atoms with Gasteiger partial charge < -0.3 is 4.79 Å². The number of halogens is 1. The Balaban J connectivity index is -0.000000305. The number of aryl methyl sites for hydroxylation is 2. The second-order valence-electron chi connectivity index (χ2n) is 6.70. The third-order valence-corrected chi connectivity index (χ3v) is 3.91. The molecule has 0 aliphatic heterocycles. The summed E-state index contributed by atoms with van der Waals surface area (Å²) in [5.74, 6) is 1.10. The first kappa shape index (κ1) is 29.6. The number of rotatable bonds is 7. The van der Waals surface area contributed by atoms with Gasteiger partial charge in [-0.25, -0.2) is 4.39 Å². The first-order valence-electron chi connectivity index (χ1n) is 10.5. The van der Waals surface area contributed by atoms with Crippen LogP contribution in [0.5, 0.6) is 0 Å². The molecule has 0 heterocycles. The summed E-state index contributed by atoms with van der Waals surface area (Å²) in [6, 6.07) is 5.09. The molecule has 0 saturated carbocycles. The molecule has 0 spiro atoms. The lowest BCUT2D eigenvalue weighted by Crippen LogP contribution is -1.93. The van der Waals surface area contributed by atoms with Gasteiger partial charge in [0.1, 0.15) is 11.6 Å². The molecule has 0 amide bonds. The van der Waals surface area contributed by atoms with Gasteiger partial charge in [-0.1, -0.05) is 97.8 Å². The predicted molar refractivity (Wildman–Crippen MR) is 116 cm³/mol. The lowest BCUT2D eigenvalue weighted by atomic mass is 9.98. The molecule has 0 aliphatic carbocycles. The summed E-state index contributed by atoms with van der Waals surface area (Å²) in [6.45, 7) is 18.1. The second kappa shape index (κ2) is 21.9. The number of hydrogen-bond donors (Lipinski definition) is 0. The van der Waals surface area contributed by atoms with E-state index in [-0.39, 0.29) is 11.6 Å². The molecule has 1 rings (SSSR count). The maximum absolute atomic E-state index is 12.5. The fourth-order valence-corrected chi connectivity index (χ4v) is 2.04. The molecule has 0 bridgehead atoms. The van der Waals surface area contributed by atoms with Gasteiger partial charge >= 0.3 is 0 Å². The maximum atomic E-state index is 12.5. The summed E-state index contributed by atoms with van der Waals surface area (Å²) in [4.78, 5) is 9.81. The molecule has 1 nitrogen and oxygen atoms in total. The number of unbranched alkanes of at least 4 members (excludes halogenated alkanes) is 2. The van der Waals surface area contributed by atoms with Crippen LogP contribution in [-0.4, -0.2) is 5.78 Å². The van der Waals surface area contributed by atoms with E-state index < -0.39 is 0 Å². The van der Waals surface area contributed by atoms with Crippen molar-refractivity contribution in [3.8, 4) is 0 Å². The standard InChI is InChI=1S/C10H22.C8H9F.C4H8O.C2H6/c1-4-6-8-10(3)9-7-5-2;1-6-3-4-8(9)7(2)5-6;1-3-4(2)5;1-2/h10H,4-9H2,1-3H3;3-5H,1-2H3;3H2,1-2H3;1-2H3. The minimum absolute atomic E-state index is 0.124. The Bertz CT molecular complexity index is 418. The van der Waals surface area contributed by atoms with Crippen molar-refractivity contribution in [2.24, 2.45) is 5.92 Å². The molecule has 0 fully saturated rings. The number of carbonyl (C=O) groups excluding carboxylic acids is 1. The van der Waals surface area contributed by atoms with E-state index >= 15 is 0 Å². The van der Waals surface area contributed by atoms with Crippen molar-refractivity contribution in [3.05, 3.63) is 35.1 Å². The van der Waals surface area contributed by atoms with Crippen molar-refractivity contribution in [3.63, 3.8) is 0 Å². The molecule has 0 atom stereocenters. The van der Waals surface area contributed by atoms with E-state index in [0.29, 0.717) is 6.42 Å². The summed E-state index contributed by atoms with van der Waals surface area (Å²) in [5.41, 5.74) is 1.82. The molecule has 0 saturated heterocycles. The van der Waals surface area contributed by atoms with Gasteiger partial charge in [0.15, 0.2) is 0 Å². The predicted octanol–water partition coefficient (Wildman–Crippen LogP) is 8.46. The molecule has 0 aromatic heterocycles. The Morgan fingerprint density at radius 2 is 1.42 bits per heavy atom. The molecule has 0 radical (unpaired) electrons. The zero-order valence-corrected chi connectivity index (χ0v) is 19.0. The zero-order chi connectivity index (χ0) is 21.0. The minimum atomic E-state index is -0.124. The van der Waals surface area contributed by atoms with Crippen molar-refractivity contribution in [1.82, 2.24) is 0 Å². The highest BCUT2D eigenvalue weighted by atomic mass is 19.1. The van der Waals surface area contributed by atoms with Crippen LogP contribution < -0.4 is 0 Å². The maximum Gasteiger partial charge on any atom is 0.129 e. The molecule has 26 heavy (non-hydrogen) atoms. The van der Waals surface area contributed by atoms with Crippen LogP contribution in [0.25, 0.3) is 0 Å². The van der Waals surface area contributed by atoms with Crippen LogP contribution >= 0.6 is 0 Å². The molecule has 0 N–H and O–H groups in total. The lowest BCUT2D eigenvalue weighted by molar-refractivity contribution is -0.116. The average molecular weight is 369 g/mol. The lowest BCUT2D eigenvalue weighted by Gasteiger charge is -2.08. The fourth-order valence-electron chi connectivity index (χ4n) is 2.04. The first-order valence-corrected chi connectivity index (χ1v) is 10.5. The van der Waals surface area contributed by atoms with Crippen molar-refractivity contribution < 1.29 is 9.18 Å². The third-order valence-electron chi connectivity index (χ3n) is 3.91. The van der Waals surface area contributed by atoms with Crippen molar-refractivity contribution in [1.29, 1.82) is 0 Å². The SMILES string of the molecule is CC.CCC(C)=O.CCCCC(C)CCCC.Cc1ccc(F)c(C)c1. The molecule has 2 heteroatoms. The van der Waals surface area contributed by atoms with Crippen LogP contribution in [0, 0.1) is 25.6 Å². The van der Waals surface area contributed by atoms with Gasteiger partial charge in [0, 0.05) is 6.42 Å². The van der Waals surface area contributed by atoms with E-state index in [0.717, 1.165) is 17.0 Å². The van der Waals surface area contributed by atoms with Crippen LogP contribution in [0.3, 0.4) is 0 Å². The van der Waals surface area contributed by atoms with E-state index in [4.69, 9.17) is 0 Å². The molecule has 1 aromatic carbocycles. The van der Waals surface area contributed by atoms with Gasteiger partial charge in [-0.2, -0.15) is 0 Å². The van der Waals surface area contributed by atoms with Gasteiger partial charge in [0.25, 0.3) is 0 Å². The van der Waals surface area contributed by atoms with Crippen molar-refractivity contribution >= 4 is 5.78 Å². The zero-order valence-electron chi connectivity index (χ0n) is 19.0. The van der Waals surface area contributed by atoms with Crippen molar-refractivity contribution in [2.75, 3.05) is 0 Å². The summed E-state index contributed by atoms with van der Waals surface area (Å²) in [5, 5.41) is 0. The molecular formula is C24H45FO. The second-order valence-corrected chi connectivity index (χ2v) is 6.70. The van der Waals surface area contributed by atoms with E-state index in [1.54, 1.807) is 19.9 Å². The Labute approximate surface area is 163 Å². The molecule has 0 unspecified atom stereocenters. The Morgan fingerprint density at radius 3 is 1.69 bits per heavy atom. The number of ketones is 1. The molecule has 0 aliphatic rings. The Hall–Kier alpha value is -1.18. The van der Waals surface area contributed by atoms with Gasteiger partial charge in [0.05, 0.1) is 0 Å². The summed E-state index contributed by atoms with van der Waals surface area (Å²) < 4.78 is 12.5. The highest BCUT2D eigenvalue weighted by Crippen LogP contribution is 2.14. The van der Waals surface area contributed by atoms with Crippen LogP contribution in [0.4, 0.5) is 4.39 Å². The number of carbonyl (C=O) groups is 1. The third kappa shape index (κ3) is 22.8. The quantitative estimate of drug-likeness (QED) is 0.471. The summed E-state index contributed by atoms with van der Waals surface area (Å²) >= 11 is 0. The van der Waals surface area contributed by atoms with Gasteiger partial charge in [0.2, 0.25) is 0 Å². The fraction of sp³-hybridized carbons (Fsp3) is 0.708. The van der Waals surface area contributed by atoms with Crippen LogP contribution in [-0.2, 0) is 4.79 Å². The number of benzene rings is 1. The normalized spacial score (nSPS) is 9.19. The minimum Gasteiger partial charge on any atom is -0.300 e. The summed E-state index contributed by atoms with van der Waals surface area (Å²) in [6.07, 6.45) is 9.11. The summed E-state index contributed by atoms with van der Waals surface area (Å²) in [7, 11) is 0. The van der Waals surface area contributed by atoms with Crippen LogP contribution in [0.15, 0.2) is 18.2 Å². The van der Waals surface area contributed by atoms with Gasteiger partial charge in [-0.15, -0.1) is 0 Å². The molecule has 1 aromatic rings. The van der Waals surface area contributed by atoms with E-state index in [1.165, 1.54) is 44.6 Å². The van der Waals surface area contributed by atoms with Crippen LogP contribution in [0.2, 0.25) is 0 Å². The Morgan fingerprint density at radius 1 is 1.00 bits per heavy atom. The van der Waals surface area contributed by atoms with Crippen molar-refractivity contribution in [2.45, 2.75) is 107 Å². The molecule has 154 valence electrons. The number of Topliss-reactive ketones (excluding diaryl/α,β-unsaturated/α-hetero) is 1. The smallest absolute Gasteiger partial charge is 0.129 e. The highest BCUT2D eigenvalue weighted by Gasteiger charge is 1.98. The number of hydrogen-bond acceptors (Lipinski definition) is 1. The van der Waals surface area contributed by atoms with Gasteiger partial charge in [-0.05, 0) is 38.3 Å². The van der Waals surface area contributed by atoms with Crippen LogP contribution in [0.1, 0.15) is 105 Å². The highest BCUT2D eigenvalue weighted by molar-refractivity contribution is 5.74. The van der Waals surface area contributed by atoms with E-state index in [9.17, 15) is 9.18 Å². The Kier molecular flexibility index (Phi) is 24.9. The largest absolute Gasteiger partial charge is 0.300 e. The monoisotopic (exact) mass is 368 g/mol. The van der Waals surface area contributed by atoms with Gasteiger partial charge in [-0.3, -0.25) is 0 Å². The van der Waals surface area contributed by atoms with E-state index in [2.05, 4.69) is 20.8 Å².